The van der Waals surface area contributed by atoms with Crippen LogP contribution in [0.4, 0.5) is 0 Å². The molecule has 6 heteroatoms. The number of hydrogen-bond donors (Lipinski definition) is 2. The van der Waals surface area contributed by atoms with Crippen molar-refractivity contribution in [1.29, 1.82) is 0 Å². The van der Waals surface area contributed by atoms with E-state index in [0.29, 0.717) is 17.4 Å². The molecule has 1 aromatic carbocycles. The van der Waals surface area contributed by atoms with Crippen LogP contribution >= 0.6 is 0 Å². The zero-order valence-corrected chi connectivity index (χ0v) is 18.8. The molecular weight excluding hydrogens is 382 g/mol. The monoisotopic (exact) mass is 419 g/mol. The molecule has 0 spiro atoms. The Labute approximate surface area is 178 Å². The summed E-state index contributed by atoms with van der Waals surface area (Å²) in [6, 6.07) is 8.75. The molecule has 0 radical (unpaired) electrons. The third-order valence-electron chi connectivity index (χ3n) is 6.09. The molecule has 2 fully saturated rings. The molecule has 3 rings (SSSR count). The lowest BCUT2D eigenvalue weighted by molar-refractivity contribution is 0.155. The van der Waals surface area contributed by atoms with Crippen molar-refractivity contribution in [3.05, 3.63) is 29.8 Å². The Bertz CT molecular complexity index is 671. The number of nitrogens with zero attached hydrogens (tertiary/aromatic N) is 1. The van der Waals surface area contributed by atoms with Crippen molar-refractivity contribution in [1.82, 2.24) is 10.6 Å². The van der Waals surface area contributed by atoms with Gasteiger partial charge in [-0.1, -0.05) is 31.9 Å². The van der Waals surface area contributed by atoms with Gasteiger partial charge in [-0.2, -0.15) is 0 Å². The zero-order valence-electron chi connectivity index (χ0n) is 18.0. The maximum absolute atomic E-state index is 12.2. The molecule has 0 amide bonds. The van der Waals surface area contributed by atoms with Gasteiger partial charge in [0.05, 0.1) is 6.10 Å². The van der Waals surface area contributed by atoms with Crippen LogP contribution in [0.3, 0.4) is 0 Å². The van der Waals surface area contributed by atoms with Crippen LogP contribution in [0.15, 0.2) is 29.3 Å². The number of guanidine groups is 1. The molecule has 2 N–H and O–H groups in total. The van der Waals surface area contributed by atoms with Crippen LogP contribution < -0.4 is 15.4 Å². The van der Waals surface area contributed by atoms with Crippen molar-refractivity contribution in [2.45, 2.75) is 88.7 Å². The second-order valence-electron chi connectivity index (χ2n) is 8.25. The molecular formula is C23H37N3O2S. The molecule has 0 heterocycles. The van der Waals surface area contributed by atoms with Crippen LogP contribution in [-0.4, -0.2) is 40.4 Å². The van der Waals surface area contributed by atoms with Crippen molar-refractivity contribution in [3.8, 4) is 5.75 Å². The minimum atomic E-state index is -0.702. The topological polar surface area (TPSA) is 62.7 Å². The Morgan fingerprint density at radius 1 is 1.10 bits per heavy atom. The lowest BCUT2D eigenvalue weighted by Crippen LogP contribution is -2.46. The lowest BCUT2D eigenvalue weighted by Gasteiger charge is -2.30. The number of rotatable bonds is 7. The highest BCUT2D eigenvalue weighted by atomic mass is 32.2. The van der Waals surface area contributed by atoms with Gasteiger partial charge in [-0.05, 0) is 62.6 Å². The minimum absolute atomic E-state index is 0.320. The summed E-state index contributed by atoms with van der Waals surface area (Å²) in [6.45, 7) is 2.74. The molecule has 0 aromatic heterocycles. The fraction of sp³-hybridized carbons (Fsp3) is 0.696. The first-order valence-corrected chi connectivity index (χ1v) is 12.7. The van der Waals surface area contributed by atoms with Crippen LogP contribution in [0, 0.1) is 0 Å². The summed E-state index contributed by atoms with van der Waals surface area (Å²) in [5.74, 6) is 2.55. The van der Waals surface area contributed by atoms with Crippen molar-refractivity contribution >= 4 is 16.8 Å². The fourth-order valence-electron chi connectivity index (χ4n) is 4.39. The van der Waals surface area contributed by atoms with Crippen molar-refractivity contribution in [2.75, 3.05) is 12.8 Å². The van der Waals surface area contributed by atoms with Crippen molar-refractivity contribution < 1.29 is 8.95 Å². The Morgan fingerprint density at radius 2 is 1.86 bits per heavy atom. The molecule has 29 heavy (non-hydrogen) atoms. The summed E-state index contributed by atoms with van der Waals surface area (Å²) in [5.41, 5.74) is 1.21. The first kappa shape index (κ1) is 22.1. The van der Waals surface area contributed by atoms with Crippen LogP contribution in [0.5, 0.6) is 5.75 Å². The van der Waals surface area contributed by atoms with Gasteiger partial charge >= 0.3 is 0 Å². The van der Waals surface area contributed by atoms with Gasteiger partial charge in [0, 0.05) is 41.4 Å². The number of benzene rings is 1. The molecule has 1 aromatic rings. The third-order valence-corrected chi connectivity index (χ3v) is 7.83. The summed E-state index contributed by atoms with van der Waals surface area (Å²) in [4.78, 5) is 4.38. The standard InChI is InChI=1S/C23H37N3O2S/c1-3-29(27)22-11-7-8-19(16-22)26-23(24-2)25-17-18-12-14-21(15-13-18)28-20-9-5-4-6-10-20/h12-15,19-20,22H,3-11,16-17H2,1-2H3,(H2,24,25,26). The molecule has 3 unspecified atom stereocenters. The van der Waals surface area contributed by atoms with E-state index < -0.39 is 10.8 Å². The van der Waals surface area contributed by atoms with Crippen LogP contribution in [-0.2, 0) is 17.3 Å². The van der Waals surface area contributed by atoms with Crippen LogP contribution in [0.1, 0.15) is 70.3 Å². The number of ether oxygens (including phenoxy) is 1. The average Bonchev–Trinajstić information content (AvgIpc) is 2.78. The molecule has 5 nitrogen and oxygen atoms in total. The summed E-state index contributed by atoms with van der Waals surface area (Å²) in [6.07, 6.45) is 11.0. The maximum atomic E-state index is 12.2. The molecule has 3 atom stereocenters. The molecule has 0 aliphatic heterocycles. The highest BCUT2D eigenvalue weighted by Crippen LogP contribution is 2.24. The van der Waals surface area contributed by atoms with E-state index in [0.717, 1.165) is 49.7 Å². The number of nitrogens with one attached hydrogen (secondary N) is 2. The molecule has 0 saturated heterocycles. The van der Waals surface area contributed by atoms with E-state index in [1.54, 1.807) is 7.05 Å². The second kappa shape index (κ2) is 11.6. The van der Waals surface area contributed by atoms with Gasteiger partial charge in [0.25, 0.3) is 0 Å². The summed E-state index contributed by atoms with van der Waals surface area (Å²) >= 11 is 0. The minimum Gasteiger partial charge on any atom is -0.490 e. The van der Waals surface area contributed by atoms with Crippen molar-refractivity contribution in [2.24, 2.45) is 4.99 Å². The van der Waals surface area contributed by atoms with Crippen molar-refractivity contribution in [3.63, 3.8) is 0 Å². The van der Waals surface area contributed by atoms with Gasteiger partial charge in [-0.3, -0.25) is 9.20 Å². The lowest BCUT2D eigenvalue weighted by atomic mass is 9.95. The Kier molecular flexibility index (Phi) is 8.84. The summed E-state index contributed by atoms with van der Waals surface area (Å²) in [7, 11) is 1.10. The van der Waals surface area contributed by atoms with E-state index in [-0.39, 0.29) is 0 Å². The maximum Gasteiger partial charge on any atom is 0.191 e. The Morgan fingerprint density at radius 3 is 2.55 bits per heavy atom. The van der Waals surface area contributed by atoms with E-state index in [9.17, 15) is 4.21 Å². The third kappa shape index (κ3) is 7.02. The fourth-order valence-corrected chi connectivity index (χ4v) is 5.73. The predicted molar refractivity (Wildman–Crippen MR) is 122 cm³/mol. The Balaban J connectivity index is 1.44. The average molecular weight is 420 g/mol. The van der Waals surface area contributed by atoms with Gasteiger partial charge in [0.2, 0.25) is 0 Å². The van der Waals surface area contributed by atoms with E-state index >= 15 is 0 Å². The van der Waals surface area contributed by atoms with Gasteiger partial charge in [0.15, 0.2) is 5.96 Å². The van der Waals surface area contributed by atoms with Gasteiger partial charge in [-0.15, -0.1) is 0 Å². The normalized spacial score (nSPS) is 24.7. The van der Waals surface area contributed by atoms with E-state index in [2.05, 4.69) is 39.9 Å². The summed E-state index contributed by atoms with van der Waals surface area (Å²) in [5, 5.41) is 7.26. The van der Waals surface area contributed by atoms with E-state index in [4.69, 9.17) is 4.74 Å². The molecule has 162 valence electrons. The smallest absolute Gasteiger partial charge is 0.191 e. The van der Waals surface area contributed by atoms with Crippen LogP contribution in [0.25, 0.3) is 0 Å². The predicted octanol–water partition coefficient (Wildman–Crippen LogP) is 4.14. The summed E-state index contributed by atoms with van der Waals surface area (Å²) < 4.78 is 18.3. The molecule has 0 bridgehead atoms. The first-order chi connectivity index (χ1) is 14.2. The number of hydrogen-bond acceptors (Lipinski definition) is 3. The molecule has 2 saturated carbocycles. The highest BCUT2D eigenvalue weighted by molar-refractivity contribution is 7.85. The molecule has 2 aliphatic carbocycles. The SMILES string of the molecule is CCS(=O)C1CCCC(NC(=NC)NCc2ccc(OC3CCCCC3)cc2)C1. The quantitative estimate of drug-likeness (QED) is 0.515. The second-order valence-corrected chi connectivity index (χ2v) is 10.3. The van der Waals surface area contributed by atoms with Gasteiger partial charge in [-0.25, -0.2) is 0 Å². The van der Waals surface area contributed by atoms with E-state index in [1.807, 2.05) is 6.92 Å². The Hall–Kier alpha value is -1.56. The number of aliphatic imine (C=N–C) groups is 1. The van der Waals surface area contributed by atoms with E-state index in [1.165, 1.54) is 37.7 Å². The molecule has 2 aliphatic rings. The van der Waals surface area contributed by atoms with Gasteiger partial charge in [0.1, 0.15) is 5.75 Å². The van der Waals surface area contributed by atoms with Crippen LogP contribution in [0.2, 0.25) is 0 Å². The largest absolute Gasteiger partial charge is 0.490 e. The first-order valence-electron chi connectivity index (χ1n) is 11.3. The highest BCUT2D eigenvalue weighted by Gasteiger charge is 2.26. The van der Waals surface area contributed by atoms with Gasteiger partial charge < -0.3 is 15.4 Å². The zero-order chi connectivity index (χ0) is 20.5.